The largest absolute Gasteiger partial charge is 0.490 e. The first-order chi connectivity index (χ1) is 18.3. The summed E-state index contributed by atoms with van der Waals surface area (Å²) in [5, 5.41) is 11.9. The lowest BCUT2D eigenvalue weighted by molar-refractivity contribution is -0.148. The van der Waals surface area contributed by atoms with Crippen LogP contribution in [0.5, 0.6) is 5.75 Å². The molecule has 38 heavy (non-hydrogen) atoms. The number of hydrogen-bond donors (Lipinski definition) is 1. The molecule has 0 bridgehead atoms. The van der Waals surface area contributed by atoms with Gasteiger partial charge in [0.2, 0.25) is 0 Å². The lowest BCUT2D eigenvalue weighted by Gasteiger charge is -2.29. The van der Waals surface area contributed by atoms with Crippen molar-refractivity contribution in [1.29, 1.82) is 0 Å². The van der Waals surface area contributed by atoms with Crippen LogP contribution in [0.15, 0.2) is 29.4 Å². The molecule has 5 rings (SSSR count). The van der Waals surface area contributed by atoms with E-state index >= 15 is 0 Å². The molecular formula is C28H39N5O4S. The summed E-state index contributed by atoms with van der Waals surface area (Å²) in [6.07, 6.45) is 2.85. The molecule has 2 saturated heterocycles. The highest BCUT2D eigenvalue weighted by molar-refractivity contribution is 8.14. The van der Waals surface area contributed by atoms with E-state index in [1.54, 1.807) is 13.8 Å². The summed E-state index contributed by atoms with van der Waals surface area (Å²) in [6, 6.07) is 6.44. The minimum atomic E-state index is -0.988. The topological polar surface area (TPSA) is 90.7 Å². The Labute approximate surface area is 229 Å². The van der Waals surface area contributed by atoms with Crippen molar-refractivity contribution in [3.63, 3.8) is 0 Å². The SMILES string of the molecule is Cc1cc2cccnc2c(N2CCCN(CC3CSC(N4CCOCC4)=N3)CC2)c1OCC(C)(C)C(=O)O. The number of pyridine rings is 1. The van der Waals surface area contributed by atoms with E-state index in [9.17, 15) is 9.90 Å². The molecule has 2 fully saturated rings. The second-order valence-corrected chi connectivity index (χ2v) is 12.0. The fourth-order valence-electron chi connectivity index (χ4n) is 5.21. The van der Waals surface area contributed by atoms with Crippen LogP contribution in [0.3, 0.4) is 0 Å². The predicted octanol–water partition coefficient (Wildman–Crippen LogP) is 3.35. The van der Waals surface area contributed by atoms with Crippen molar-refractivity contribution < 1.29 is 19.4 Å². The second-order valence-electron chi connectivity index (χ2n) is 11.0. The number of morpholine rings is 1. The zero-order valence-corrected chi connectivity index (χ0v) is 23.5. The Morgan fingerprint density at radius 1 is 1.18 bits per heavy atom. The van der Waals surface area contributed by atoms with Crippen molar-refractivity contribution in [3.8, 4) is 5.75 Å². The van der Waals surface area contributed by atoms with Crippen LogP contribution in [0.2, 0.25) is 0 Å². The normalized spacial score (nSPS) is 21.4. The molecule has 2 aromatic rings. The van der Waals surface area contributed by atoms with Crippen molar-refractivity contribution in [2.24, 2.45) is 10.4 Å². The molecule has 4 heterocycles. The number of ether oxygens (including phenoxy) is 2. The van der Waals surface area contributed by atoms with E-state index in [2.05, 4.69) is 26.8 Å². The van der Waals surface area contributed by atoms with E-state index in [0.717, 1.165) is 99.1 Å². The van der Waals surface area contributed by atoms with Gasteiger partial charge in [-0.15, -0.1) is 0 Å². The van der Waals surface area contributed by atoms with Crippen molar-refractivity contribution in [2.45, 2.75) is 33.2 Å². The van der Waals surface area contributed by atoms with Gasteiger partial charge in [-0.3, -0.25) is 19.7 Å². The Balaban J connectivity index is 1.32. The number of carboxylic acid groups (broad SMARTS) is 1. The number of rotatable bonds is 7. The number of hydrogen-bond acceptors (Lipinski definition) is 9. The quantitative estimate of drug-likeness (QED) is 0.567. The summed E-state index contributed by atoms with van der Waals surface area (Å²) < 4.78 is 11.8. The van der Waals surface area contributed by atoms with E-state index < -0.39 is 11.4 Å². The zero-order chi connectivity index (χ0) is 26.7. The number of carbonyl (C=O) groups is 1. The first kappa shape index (κ1) is 27.0. The van der Waals surface area contributed by atoms with Crippen LogP contribution in [-0.4, -0.2) is 108 Å². The van der Waals surface area contributed by atoms with E-state index in [-0.39, 0.29) is 6.61 Å². The van der Waals surface area contributed by atoms with Gasteiger partial charge >= 0.3 is 5.97 Å². The lowest BCUT2D eigenvalue weighted by Crippen LogP contribution is -2.39. The summed E-state index contributed by atoms with van der Waals surface area (Å²) in [5.41, 5.74) is 1.89. The fourth-order valence-corrected chi connectivity index (χ4v) is 6.32. The number of aliphatic imine (C=N–C) groups is 1. The number of aliphatic carboxylic acids is 1. The molecule has 0 spiro atoms. The number of carboxylic acids is 1. The molecular weight excluding hydrogens is 502 g/mol. The van der Waals surface area contributed by atoms with E-state index in [1.165, 1.54) is 5.17 Å². The van der Waals surface area contributed by atoms with Crippen LogP contribution in [0, 0.1) is 12.3 Å². The van der Waals surface area contributed by atoms with Gasteiger partial charge < -0.3 is 24.4 Å². The first-order valence-corrected chi connectivity index (χ1v) is 14.6. The van der Waals surface area contributed by atoms with Gasteiger partial charge in [-0.1, -0.05) is 17.8 Å². The van der Waals surface area contributed by atoms with Gasteiger partial charge in [-0.2, -0.15) is 0 Å². The standard InChI is InChI=1S/C28H39N5O4S/c1-20-16-21-6-4-7-29-23(21)24(25(20)37-19-28(2,3)26(34)35)32-9-5-8-31(10-11-32)17-22-18-38-27(30-22)33-12-14-36-15-13-33/h4,6-7,16,22H,5,8-15,17-19H2,1-3H3,(H,34,35). The monoisotopic (exact) mass is 541 g/mol. The summed E-state index contributed by atoms with van der Waals surface area (Å²) in [7, 11) is 0. The number of amidine groups is 1. The maximum atomic E-state index is 11.7. The average Bonchev–Trinajstić information content (AvgIpc) is 3.26. The van der Waals surface area contributed by atoms with Gasteiger partial charge in [0.25, 0.3) is 0 Å². The second kappa shape index (κ2) is 11.7. The van der Waals surface area contributed by atoms with Gasteiger partial charge in [0, 0.05) is 56.6 Å². The highest BCUT2D eigenvalue weighted by Crippen LogP contribution is 2.40. The molecule has 1 aromatic carbocycles. The minimum Gasteiger partial charge on any atom is -0.490 e. The van der Waals surface area contributed by atoms with Crippen LogP contribution in [0.4, 0.5) is 5.69 Å². The van der Waals surface area contributed by atoms with Crippen LogP contribution in [0.25, 0.3) is 10.9 Å². The Bertz CT molecular complexity index is 1180. The molecule has 0 amide bonds. The Morgan fingerprint density at radius 2 is 2.00 bits per heavy atom. The Morgan fingerprint density at radius 3 is 2.79 bits per heavy atom. The molecule has 0 radical (unpaired) electrons. The van der Waals surface area contributed by atoms with Crippen molar-refractivity contribution in [3.05, 3.63) is 30.0 Å². The number of benzene rings is 1. The number of aromatic nitrogens is 1. The number of anilines is 1. The molecule has 9 nitrogen and oxygen atoms in total. The number of thioether (sulfide) groups is 1. The summed E-state index contributed by atoms with van der Waals surface area (Å²) in [4.78, 5) is 28.8. The highest BCUT2D eigenvalue weighted by Gasteiger charge is 2.31. The number of aryl methyl sites for hydroxylation is 1. The van der Waals surface area contributed by atoms with E-state index in [0.29, 0.717) is 6.04 Å². The molecule has 0 aliphatic carbocycles. The van der Waals surface area contributed by atoms with Gasteiger partial charge in [0.15, 0.2) is 5.17 Å². The maximum Gasteiger partial charge on any atom is 0.312 e. The molecule has 1 N–H and O–H groups in total. The Hall–Kier alpha value is -2.56. The third kappa shape index (κ3) is 6.02. The molecule has 3 aliphatic heterocycles. The third-order valence-electron chi connectivity index (χ3n) is 7.52. The molecule has 1 unspecified atom stereocenters. The van der Waals surface area contributed by atoms with Crippen molar-refractivity contribution in [2.75, 3.05) is 76.3 Å². The Kier molecular flexibility index (Phi) is 8.30. The third-order valence-corrected chi connectivity index (χ3v) is 8.69. The van der Waals surface area contributed by atoms with Gasteiger partial charge in [0.1, 0.15) is 18.0 Å². The smallest absolute Gasteiger partial charge is 0.312 e. The fraction of sp³-hybridized carbons (Fsp3) is 0.607. The van der Waals surface area contributed by atoms with Crippen LogP contribution < -0.4 is 9.64 Å². The summed E-state index contributed by atoms with van der Waals surface area (Å²) >= 11 is 1.88. The molecule has 206 valence electrons. The highest BCUT2D eigenvalue weighted by atomic mass is 32.2. The average molecular weight is 542 g/mol. The minimum absolute atomic E-state index is 0.0945. The number of fused-ring (bicyclic) bond motifs is 1. The van der Waals surface area contributed by atoms with Crippen molar-refractivity contribution >= 4 is 39.5 Å². The van der Waals surface area contributed by atoms with E-state index in [1.807, 2.05) is 30.9 Å². The van der Waals surface area contributed by atoms with E-state index in [4.69, 9.17) is 19.5 Å². The van der Waals surface area contributed by atoms with Gasteiger partial charge in [0.05, 0.1) is 30.2 Å². The lowest BCUT2D eigenvalue weighted by atomic mass is 9.95. The van der Waals surface area contributed by atoms with Crippen LogP contribution in [-0.2, 0) is 9.53 Å². The predicted molar refractivity (Wildman–Crippen MR) is 153 cm³/mol. The van der Waals surface area contributed by atoms with Gasteiger partial charge in [-0.05, 0) is 51.4 Å². The summed E-state index contributed by atoms with van der Waals surface area (Å²) in [6.45, 7) is 13.6. The van der Waals surface area contributed by atoms with Crippen LogP contribution >= 0.6 is 11.8 Å². The maximum absolute atomic E-state index is 11.7. The molecule has 0 saturated carbocycles. The summed E-state index contributed by atoms with van der Waals surface area (Å²) in [5.74, 6) is 0.910. The number of nitrogens with zero attached hydrogens (tertiary/aromatic N) is 5. The first-order valence-electron chi connectivity index (χ1n) is 13.6. The van der Waals surface area contributed by atoms with Crippen molar-refractivity contribution in [1.82, 2.24) is 14.8 Å². The molecule has 1 atom stereocenters. The molecule has 3 aliphatic rings. The zero-order valence-electron chi connectivity index (χ0n) is 22.7. The van der Waals surface area contributed by atoms with Gasteiger partial charge in [-0.25, -0.2) is 0 Å². The molecule has 10 heteroatoms. The molecule has 1 aromatic heterocycles. The van der Waals surface area contributed by atoms with Crippen LogP contribution in [0.1, 0.15) is 25.8 Å².